The van der Waals surface area contributed by atoms with E-state index in [-0.39, 0.29) is 0 Å². The number of likely N-dealkylation sites (tertiary alicyclic amines) is 1. The summed E-state index contributed by atoms with van der Waals surface area (Å²) in [5.41, 5.74) is 7.08. The molecule has 0 aromatic heterocycles. The van der Waals surface area contributed by atoms with Gasteiger partial charge in [0.15, 0.2) is 0 Å². The molecule has 0 aromatic carbocycles. The molecule has 0 aliphatic carbocycles. The van der Waals surface area contributed by atoms with E-state index in [2.05, 4.69) is 31.7 Å². The second-order valence-corrected chi connectivity index (χ2v) is 4.42. The van der Waals surface area contributed by atoms with Gasteiger partial charge >= 0.3 is 0 Å². The van der Waals surface area contributed by atoms with Crippen molar-refractivity contribution in [2.45, 2.75) is 33.2 Å². The van der Waals surface area contributed by atoms with Gasteiger partial charge in [0.05, 0.1) is 0 Å². The average molecular weight is 182 g/mol. The van der Waals surface area contributed by atoms with Crippen molar-refractivity contribution in [1.82, 2.24) is 4.90 Å². The third-order valence-corrected chi connectivity index (χ3v) is 2.86. The summed E-state index contributed by atoms with van der Waals surface area (Å²) in [5, 5.41) is 0. The second-order valence-electron chi connectivity index (χ2n) is 4.42. The fourth-order valence-corrected chi connectivity index (χ4v) is 1.94. The van der Waals surface area contributed by atoms with E-state index in [0.717, 1.165) is 19.0 Å². The van der Waals surface area contributed by atoms with Crippen molar-refractivity contribution in [2.75, 3.05) is 19.6 Å². The number of allylic oxidation sites excluding steroid dienone is 1. The minimum Gasteiger partial charge on any atom is -0.330 e. The third kappa shape index (κ3) is 3.12. The summed E-state index contributed by atoms with van der Waals surface area (Å²) in [6, 6.07) is 0.712. The summed E-state index contributed by atoms with van der Waals surface area (Å²) in [6.07, 6.45) is 3.57. The Morgan fingerprint density at radius 1 is 1.54 bits per heavy atom. The summed E-state index contributed by atoms with van der Waals surface area (Å²) in [6.45, 7) is 9.73. The molecule has 2 heteroatoms. The molecule has 2 unspecified atom stereocenters. The van der Waals surface area contributed by atoms with Gasteiger partial charge in [0, 0.05) is 19.1 Å². The Balaban J connectivity index is 2.39. The predicted octanol–water partition coefficient (Wildman–Crippen LogP) is 1.62. The summed E-state index contributed by atoms with van der Waals surface area (Å²) in [7, 11) is 0. The van der Waals surface area contributed by atoms with Crippen LogP contribution in [0.5, 0.6) is 0 Å². The highest BCUT2D eigenvalue weighted by molar-refractivity contribution is 4.97. The van der Waals surface area contributed by atoms with Crippen molar-refractivity contribution in [3.8, 4) is 0 Å². The smallest absolute Gasteiger partial charge is 0.0168 e. The Bertz CT molecular complexity index is 183. The first kappa shape index (κ1) is 10.7. The minimum absolute atomic E-state index is 0.712. The van der Waals surface area contributed by atoms with E-state index in [1.54, 1.807) is 0 Å². The molecule has 0 aromatic rings. The maximum atomic E-state index is 5.67. The molecule has 0 radical (unpaired) electrons. The van der Waals surface area contributed by atoms with Gasteiger partial charge in [-0.05, 0) is 39.7 Å². The molecule has 2 N–H and O–H groups in total. The molecular weight excluding hydrogens is 160 g/mol. The SMILES string of the molecule is CC(C)=CCN1CC(CN)CC1C. The van der Waals surface area contributed by atoms with Gasteiger partial charge in [0.1, 0.15) is 0 Å². The van der Waals surface area contributed by atoms with Gasteiger partial charge < -0.3 is 5.73 Å². The molecule has 2 atom stereocenters. The van der Waals surface area contributed by atoms with E-state index in [9.17, 15) is 0 Å². The van der Waals surface area contributed by atoms with Gasteiger partial charge in [-0.25, -0.2) is 0 Å². The minimum atomic E-state index is 0.712. The maximum Gasteiger partial charge on any atom is 0.0168 e. The lowest BCUT2D eigenvalue weighted by molar-refractivity contribution is 0.293. The molecule has 0 amide bonds. The molecular formula is C11H22N2. The lowest BCUT2D eigenvalue weighted by atomic mass is 10.1. The zero-order valence-corrected chi connectivity index (χ0v) is 9.09. The summed E-state index contributed by atoms with van der Waals surface area (Å²) in [5.74, 6) is 0.723. The molecule has 13 heavy (non-hydrogen) atoms. The topological polar surface area (TPSA) is 29.3 Å². The van der Waals surface area contributed by atoms with Gasteiger partial charge in [0.2, 0.25) is 0 Å². The molecule has 1 saturated heterocycles. The van der Waals surface area contributed by atoms with Crippen LogP contribution in [0.1, 0.15) is 27.2 Å². The van der Waals surface area contributed by atoms with Crippen molar-refractivity contribution >= 4 is 0 Å². The number of nitrogens with zero attached hydrogens (tertiary/aromatic N) is 1. The van der Waals surface area contributed by atoms with Crippen LogP contribution in [0, 0.1) is 5.92 Å². The van der Waals surface area contributed by atoms with E-state index >= 15 is 0 Å². The first-order chi connectivity index (χ1) is 6.13. The van der Waals surface area contributed by atoms with Crippen LogP contribution in [0.25, 0.3) is 0 Å². The van der Waals surface area contributed by atoms with Crippen LogP contribution in [-0.4, -0.2) is 30.6 Å². The predicted molar refractivity (Wildman–Crippen MR) is 57.6 cm³/mol. The molecule has 0 bridgehead atoms. The van der Waals surface area contributed by atoms with Gasteiger partial charge in [-0.15, -0.1) is 0 Å². The Hall–Kier alpha value is -0.340. The molecule has 0 saturated carbocycles. The Labute approximate surface area is 81.8 Å². The Morgan fingerprint density at radius 3 is 2.69 bits per heavy atom. The number of hydrogen-bond donors (Lipinski definition) is 1. The number of nitrogens with two attached hydrogens (primary N) is 1. The monoisotopic (exact) mass is 182 g/mol. The quantitative estimate of drug-likeness (QED) is 0.672. The molecule has 2 nitrogen and oxygen atoms in total. The van der Waals surface area contributed by atoms with Crippen molar-refractivity contribution in [3.63, 3.8) is 0 Å². The van der Waals surface area contributed by atoms with E-state index in [1.165, 1.54) is 18.5 Å². The van der Waals surface area contributed by atoms with Gasteiger partial charge in [-0.3, -0.25) is 4.90 Å². The fourth-order valence-electron chi connectivity index (χ4n) is 1.94. The van der Waals surface area contributed by atoms with E-state index in [0.29, 0.717) is 6.04 Å². The van der Waals surface area contributed by atoms with Gasteiger partial charge in [0.25, 0.3) is 0 Å². The highest BCUT2D eigenvalue weighted by Gasteiger charge is 2.26. The first-order valence-electron chi connectivity index (χ1n) is 5.21. The normalized spacial score (nSPS) is 29.2. The zero-order valence-electron chi connectivity index (χ0n) is 9.09. The van der Waals surface area contributed by atoms with Crippen molar-refractivity contribution in [1.29, 1.82) is 0 Å². The Kier molecular flexibility index (Phi) is 3.94. The first-order valence-corrected chi connectivity index (χ1v) is 5.21. The van der Waals surface area contributed by atoms with Crippen LogP contribution >= 0.6 is 0 Å². The standard InChI is InChI=1S/C11H22N2/c1-9(2)4-5-13-8-11(7-12)6-10(13)3/h4,10-11H,5-8,12H2,1-3H3. The molecule has 1 heterocycles. The number of hydrogen-bond acceptors (Lipinski definition) is 2. The van der Waals surface area contributed by atoms with Crippen molar-refractivity contribution < 1.29 is 0 Å². The Morgan fingerprint density at radius 2 is 2.23 bits per heavy atom. The molecule has 1 rings (SSSR count). The van der Waals surface area contributed by atoms with Crippen LogP contribution in [-0.2, 0) is 0 Å². The average Bonchev–Trinajstić information content (AvgIpc) is 2.43. The van der Waals surface area contributed by atoms with Crippen LogP contribution in [0.15, 0.2) is 11.6 Å². The van der Waals surface area contributed by atoms with Crippen molar-refractivity contribution in [3.05, 3.63) is 11.6 Å². The highest BCUT2D eigenvalue weighted by atomic mass is 15.2. The molecule has 1 fully saturated rings. The maximum absolute atomic E-state index is 5.67. The van der Waals surface area contributed by atoms with Crippen LogP contribution in [0.2, 0.25) is 0 Å². The largest absolute Gasteiger partial charge is 0.330 e. The molecule has 1 aliphatic rings. The third-order valence-electron chi connectivity index (χ3n) is 2.86. The van der Waals surface area contributed by atoms with Crippen LogP contribution < -0.4 is 5.73 Å². The summed E-state index contributed by atoms with van der Waals surface area (Å²) >= 11 is 0. The van der Waals surface area contributed by atoms with Crippen molar-refractivity contribution in [2.24, 2.45) is 11.7 Å². The second kappa shape index (κ2) is 4.77. The van der Waals surface area contributed by atoms with Gasteiger partial charge in [-0.1, -0.05) is 11.6 Å². The van der Waals surface area contributed by atoms with Crippen LogP contribution in [0.3, 0.4) is 0 Å². The fraction of sp³-hybridized carbons (Fsp3) is 0.818. The lowest BCUT2D eigenvalue weighted by Crippen LogP contribution is -2.28. The molecule has 1 aliphatic heterocycles. The summed E-state index contributed by atoms with van der Waals surface area (Å²) in [4.78, 5) is 2.52. The lowest BCUT2D eigenvalue weighted by Gasteiger charge is -2.18. The molecule has 0 spiro atoms. The summed E-state index contributed by atoms with van der Waals surface area (Å²) < 4.78 is 0. The molecule has 76 valence electrons. The number of rotatable bonds is 3. The zero-order chi connectivity index (χ0) is 9.84. The van der Waals surface area contributed by atoms with E-state index < -0.39 is 0 Å². The van der Waals surface area contributed by atoms with E-state index in [1.807, 2.05) is 0 Å². The highest BCUT2D eigenvalue weighted by Crippen LogP contribution is 2.21. The van der Waals surface area contributed by atoms with E-state index in [4.69, 9.17) is 5.73 Å². The van der Waals surface area contributed by atoms with Crippen LogP contribution in [0.4, 0.5) is 0 Å². The van der Waals surface area contributed by atoms with Gasteiger partial charge in [-0.2, -0.15) is 0 Å².